The number of halogens is 2. The van der Waals surface area contributed by atoms with E-state index in [1.54, 1.807) is 37.3 Å². The maximum absolute atomic E-state index is 12.7. The summed E-state index contributed by atoms with van der Waals surface area (Å²) in [6.07, 6.45) is 0.387. The molecule has 0 saturated carbocycles. The standard InChI is InChI=1S/C21H20Cl2N2O4/c1-3-4-18(26)13-5-8-19-17(9-13)25(21(28)12(2)29-19)11-20(27)24-14-6-7-15(22)16(23)10-14/h5-10,12H,3-4,11H2,1-2H3,(H,24,27). The SMILES string of the molecule is CCCC(=O)c1ccc2c(c1)N(CC(=O)Nc1ccc(Cl)c(Cl)c1)C(=O)C(C)O2. The normalized spacial score (nSPS) is 15.5. The zero-order valence-corrected chi connectivity index (χ0v) is 17.5. The number of nitrogens with one attached hydrogen (secondary N) is 1. The molecule has 0 radical (unpaired) electrons. The number of carbonyl (C=O) groups excluding carboxylic acids is 3. The average Bonchev–Trinajstić information content (AvgIpc) is 2.68. The Morgan fingerprint density at radius 3 is 2.59 bits per heavy atom. The maximum Gasteiger partial charge on any atom is 0.268 e. The van der Waals surface area contributed by atoms with Crippen LogP contribution >= 0.6 is 23.2 Å². The van der Waals surface area contributed by atoms with Gasteiger partial charge in [0.1, 0.15) is 12.3 Å². The van der Waals surface area contributed by atoms with Gasteiger partial charge in [0.15, 0.2) is 11.9 Å². The number of hydrogen-bond donors (Lipinski definition) is 1. The molecule has 0 saturated heterocycles. The minimum atomic E-state index is -0.738. The van der Waals surface area contributed by atoms with Gasteiger partial charge in [0.05, 0.1) is 15.7 Å². The number of amides is 2. The Kier molecular flexibility index (Phi) is 6.45. The fraction of sp³-hybridized carbons (Fsp3) is 0.286. The Balaban J connectivity index is 1.85. The van der Waals surface area contributed by atoms with E-state index in [2.05, 4.69) is 5.32 Å². The molecule has 0 fully saturated rings. The van der Waals surface area contributed by atoms with Crippen molar-refractivity contribution in [2.45, 2.75) is 32.8 Å². The number of fused-ring (bicyclic) bond motifs is 1. The lowest BCUT2D eigenvalue weighted by molar-refractivity contribution is -0.127. The number of hydrogen-bond acceptors (Lipinski definition) is 4. The quantitative estimate of drug-likeness (QED) is 0.666. The van der Waals surface area contributed by atoms with Crippen molar-refractivity contribution in [2.24, 2.45) is 0 Å². The Morgan fingerprint density at radius 1 is 1.14 bits per heavy atom. The molecule has 8 heteroatoms. The van der Waals surface area contributed by atoms with Crippen molar-refractivity contribution in [2.75, 3.05) is 16.8 Å². The Hall–Kier alpha value is -2.57. The molecule has 1 aliphatic heterocycles. The molecule has 0 aliphatic carbocycles. The Labute approximate surface area is 178 Å². The second-order valence-corrected chi connectivity index (χ2v) is 7.53. The summed E-state index contributed by atoms with van der Waals surface area (Å²) in [6.45, 7) is 3.31. The first-order valence-electron chi connectivity index (χ1n) is 9.20. The number of carbonyl (C=O) groups is 3. The number of anilines is 2. The second kappa shape index (κ2) is 8.84. The molecule has 3 rings (SSSR count). The van der Waals surface area contributed by atoms with E-state index in [0.29, 0.717) is 39.2 Å². The maximum atomic E-state index is 12.7. The topological polar surface area (TPSA) is 75.7 Å². The van der Waals surface area contributed by atoms with Gasteiger partial charge < -0.3 is 10.1 Å². The van der Waals surface area contributed by atoms with Gasteiger partial charge in [0.2, 0.25) is 5.91 Å². The van der Waals surface area contributed by atoms with Gasteiger partial charge >= 0.3 is 0 Å². The molecule has 29 heavy (non-hydrogen) atoms. The van der Waals surface area contributed by atoms with Gasteiger partial charge in [-0.15, -0.1) is 0 Å². The summed E-state index contributed by atoms with van der Waals surface area (Å²) in [7, 11) is 0. The number of rotatable bonds is 6. The molecule has 1 atom stereocenters. The summed E-state index contributed by atoms with van der Waals surface area (Å²) in [5.41, 5.74) is 1.34. The molecular weight excluding hydrogens is 415 g/mol. The summed E-state index contributed by atoms with van der Waals surface area (Å²) in [4.78, 5) is 38.8. The molecule has 2 aromatic rings. The lowest BCUT2D eigenvalue weighted by Crippen LogP contribution is -2.47. The van der Waals surface area contributed by atoms with Crippen molar-refractivity contribution in [1.29, 1.82) is 0 Å². The molecule has 1 heterocycles. The molecule has 0 bridgehead atoms. The molecule has 1 N–H and O–H groups in total. The third kappa shape index (κ3) is 4.71. The summed E-state index contributed by atoms with van der Waals surface area (Å²) in [6, 6.07) is 9.65. The molecule has 2 amide bonds. The van der Waals surface area contributed by atoms with Crippen molar-refractivity contribution in [3.05, 3.63) is 52.0 Å². The van der Waals surface area contributed by atoms with Crippen LogP contribution in [0.5, 0.6) is 5.75 Å². The first kappa shape index (κ1) is 21.1. The highest BCUT2D eigenvalue weighted by molar-refractivity contribution is 6.42. The first-order chi connectivity index (χ1) is 13.8. The number of nitrogens with zero attached hydrogens (tertiary/aromatic N) is 1. The van der Waals surface area contributed by atoms with Crippen LogP contribution in [0.25, 0.3) is 0 Å². The van der Waals surface area contributed by atoms with Crippen molar-refractivity contribution in [3.8, 4) is 5.75 Å². The fourth-order valence-corrected chi connectivity index (χ4v) is 3.33. The van der Waals surface area contributed by atoms with Crippen LogP contribution in [-0.4, -0.2) is 30.2 Å². The molecule has 152 valence electrons. The predicted molar refractivity (Wildman–Crippen MR) is 113 cm³/mol. The molecule has 1 unspecified atom stereocenters. The van der Waals surface area contributed by atoms with Gasteiger partial charge in [0, 0.05) is 17.7 Å². The highest BCUT2D eigenvalue weighted by Gasteiger charge is 2.33. The van der Waals surface area contributed by atoms with Gasteiger partial charge in [-0.2, -0.15) is 0 Å². The molecule has 0 aromatic heterocycles. The predicted octanol–water partition coefficient (Wildman–Crippen LogP) is 4.73. The van der Waals surface area contributed by atoms with Gasteiger partial charge in [0.25, 0.3) is 5.91 Å². The third-order valence-electron chi connectivity index (χ3n) is 4.47. The van der Waals surface area contributed by atoms with Gasteiger partial charge in [-0.05, 0) is 49.7 Å². The van der Waals surface area contributed by atoms with Gasteiger partial charge in [-0.3, -0.25) is 19.3 Å². The van der Waals surface area contributed by atoms with E-state index >= 15 is 0 Å². The van der Waals surface area contributed by atoms with Crippen LogP contribution < -0.4 is 15.0 Å². The molecule has 1 aliphatic rings. The first-order valence-corrected chi connectivity index (χ1v) is 9.96. The van der Waals surface area contributed by atoms with Crippen molar-refractivity contribution >= 4 is 52.2 Å². The van der Waals surface area contributed by atoms with E-state index in [-0.39, 0.29) is 18.2 Å². The van der Waals surface area contributed by atoms with Gasteiger partial charge in [-0.25, -0.2) is 0 Å². The summed E-state index contributed by atoms with van der Waals surface area (Å²) in [5.74, 6) is -0.349. The van der Waals surface area contributed by atoms with E-state index in [0.717, 1.165) is 6.42 Å². The minimum absolute atomic E-state index is 0.0263. The smallest absolute Gasteiger partial charge is 0.268 e. The number of benzene rings is 2. The van der Waals surface area contributed by atoms with E-state index in [4.69, 9.17) is 27.9 Å². The summed E-state index contributed by atoms with van der Waals surface area (Å²) < 4.78 is 5.63. The average molecular weight is 435 g/mol. The van der Waals surface area contributed by atoms with E-state index in [1.807, 2.05) is 6.92 Å². The highest BCUT2D eigenvalue weighted by Crippen LogP contribution is 2.35. The molecule has 6 nitrogen and oxygen atoms in total. The van der Waals surface area contributed by atoms with Crippen LogP contribution in [0, 0.1) is 0 Å². The largest absolute Gasteiger partial charge is 0.479 e. The highest BCUT2D eigenvalue weighted by atomic mass is 35.5. The van der Waals surface area contributed by atoms with Crippen LogP contribution in [0.4, 0.5) is 11.4 Å². The lowest BCUT2D eigenvalue weighted by Gasteiger charge is -2.32. The zero-order chi connectivity index (χ0) is 21.1. The van der Waals surface area contributed by atoms with Crippen molar-refractivity contribution in [1.82, 2.24) is 0 Å². The van der Waals surface area contributed by atoms with Crippen LogP contribution in [0.15, 0.2) is 36.4 Å². The number of ketones is 1. The molecule has 0 spiro atoms. The third-order valence-corrected chi connectivity index (χ3v) is 5.21. The Bertz CT molecular complexity index is 977. The number of ether oxygens (including phenoxy) is 1. The van der Waals surface area contributed by atoms with Crippen molar-refractivity contribution < 1.29 is 19.1 Å². The van der Waals surface area contributed by atoms with Crippen LogP contribution in [0.2, 0.25) is 10.0 Å². The van der Waals surface area contributed by atoms with Crippen LogP contribution in [-0.2, 0) is 9.59 Å². The zero-order valence-electron chi connectivity index (χ0n) is 16.0. The lowest BCUT2D eigenvalue weighted by atomic mass is 10.0. The van der Waals surface area contributed by atoms with E-state index in [1.165, 1.54) is 11.0 Å². The number of Topliss-reactive ketones (excluding diaryl/α,β-unsaturated/α-hetero) is 1. The van der Waals surface area contributed by atoms with Crippen LogP contribution in [0.1, 0.15) is 37.0 Å². The van der Waals surface area contributed by atoms with Crippen LogP contribution in [0.3, 0.4) is 0 Å². The monoisotopic (exact) mass is 434 g/mol. The second-order valence-electron chi connectivity index (χ2n) is 6.72. The van der Waals surface area contributed by atoms with Crippen molar-refractivity contribution in [3.63, 3.8) is 0 Å². The molecular formula is C21H20Cl2N2O4. The molecule has 2 aromatic carbocycles. The van der Waals surface area contributed by atoms with E-state index < -0.39 is 12.0 Å². The summed E-state index contributed by atoms with van der Waals surface area (Å²) in [5, 5.41) is 3.38. The fourth-order valence-electron chi connectivity index (χ4n) is 3.03. The Morgan fingerprint density at radius 2 is 1.90 bits per heavy atom. The van der Waals surface area contributed by atoms with Gasteiger partial charge in [-0.1, -0.05) is 30.1 Å². The summed E-state index contributed by atoms with van der Waals surface area (Å²) >= 11 is 11.9. The van der Waals surface area contributed by atoms with E-state index in [9.17, 15) is 14.4 Å². The minimum Gasteiger partial charge on any atom is -0.479 e.